The number of rotatable bonds is 5. The number of amides is 2. The van der Waals surface area contributed by atoms with Crippen LogP contribution in [0.1, 0.15) is 36.8 Å². The summed E-state index contributed by atoms with van der Waals surface area (Å²) in [5.41, 5.74) is 2.26. The van der Waals surface area contributed by atoms with Crippen LogP contribution in [0.2, 0.25) is 0 Å². The fraction of sp³-hybridized carbons (Fsp3) is 0.417. The molecule has 5 nitrogen and oxygen atoms in total. The van der Waals surface area contributed by atoms with Crippen LogP contribution in [0.5, 0.6) is 0 Å². The lowest BCUT2D eigenvalue weighted by Crippen LogP contribution is -2.54. The largest absolute Gasteiger partial charge is 0.356 e. The number of hydrogen-bond donors (Lipinski definition) is 2. The number of aryl methyl sites for hydroxylation is 1. The SMILES string of the molecule is O=C(NCCCc1ccccc1)C1CC2CCCN2C12C(=O)Nc1ccccc12. The number of para-hydroxylation sites is 1. The van der Waals surface area contributed by atoms with Crippen molar-refractivity contribution >= 4 is 17.5 Å². The smallest absolute Gasteiger partial charge is 0.250 e. The Morgan fingerprint density at radius 1 is 1.14 bits per heavy atom. The molecule has 150 valence electrons. The van der Waals surface area contributed by atoms with E-state index in [2.05, 4.69) is 27.7 Å². The molecule has 5 heteroatoms. The molecule has 3 aliphatic heterocycles. The van der Waals surface area contributed by atoms with Crippen LogP contribution in [0.4, 0.5) is 5.69 Å². The highest BCUT2D eigenvalue weighted by Gasteiger charge is 2.65. The van der Waals surface area contributed by atoms with Gasteiger partial charge in [0.25, 0.3) is 0 Å². The Morgan fingerprint density at radius 2 is 1.93 bits per heavy atom. The van der Waals surface area contributed by atoms with Gasteiger partial charge in [-0.2, -0.15) is 0 Å². The number of nitrogens with one attached hydrogen (secondary N) is 2. The molecular weight excluding hydrogens is 362 g/mol. The Kier molecular flexibility index (Phi) is 4.63. The fourth-order valence-corrected chi connectivity index (χ4v) is 5.65. The topological polar surface area (TPSA) is 61.4 Å². The minimum absolute atomic E-state index is 0.0133. The molecule has 2 aromatic rings. The summed E-state index contributed by atoms with van der Waals surface area (Å²) < 4.78 is 0. The summed E-state index contributed by atoms with van der Waals surface area (Å²) in [4.78, 5) is 28.9. The number of benzene rings is 2. The summed E-state index contributed by atoms with van der Waals surface area (Å²) in [5, 5.41) is 6.20. The van der Waals surface area contributed by atoms with Crippen molar-refractivity contribution in [1.82, 2.24) is 10.2 Å². The van der Waals surface area contributed by atoms with Gasteiger partial charge >= 0.3 is 0 Å². The first-order valence-electron chi connectivity index (χ1n) is 10.7. The highest BCUT2D eigenvalue weighted by atomic mass is 16.2. The Hall–Kier alpha value is -2.66. The molecule has 0 aliphatic carbocycles. The molecule has 5 rings (SSSR count). The molecule has 0 radical (unpaired) electrons. The van der Waals surface area contributed by atoms with Crippen molar-refractivity contribution in [3.63, 3.8) is 0 Å². The van der Waals surface area contributed by atoms with Gasteiger partial charge in [-0.25, -0.2) is 0 Å². The van der Waals surface area contributed by atoms with Crippen LogP contribution in [0.3, 0.4) is 0 Å². The molecule has 3 heterocycles. The number of anilines is 1. The molecule has 3 aliphatic rings. The second-order valence-corrected chi connectivity index (χ2v) is 8.42. The van der Waals surface area contributed by atoms with E-state index >= 15 is 0 Å². The third-order valence-electron chi connectivity index (χ3n) is 6.88. The van der Waals surface area contributed by atoms with Crippen LogP contribution in [0, 0.1) is 5.92 Å². The van der Waals surface area contributed by atoms with Gasteiger partial charge in [-0.3, -0.25) is 14.5 Å². The van der Waals surface area contributed by atoms with Gasteiger partial charge in [0.1, 0.15) is 5.54 Å². The molecule has 2 aromatic carbocycles. The third kappa shape index (κ3) is 2.87. The summed E-state index contributed by atoms with van der Waals surface area (Å²) in [5.74, 6) is -0.361. The number of nitrogens with zero attached hydrogens (tertiary/aromatic N) is 1. The first-order valence-corrected chi connectivity index (χ1v) is 10.7. The monoisotopic (exact) mass is 389 g/mol. The molecule has 2 fully saturated rings. The molecule has 0 aromatic heterocycles. The van der Waals surface area contributed by atoms with Gasteiger partial charge in [0, 0.05) is 23.8 Å². The van der Waals surface area contributed by atoms with Crippen molar-refractivity contribution in [1.29, 1.82) is 0 Å². The molecule has 2 saturated heterocycles. The molecule has 2 amide bonds. The average molecular weight is 389 g/mol. The van der Waals surface area contributed by atoms with E-state index in [9.17, 15) is 9.59 Å². The second-order valence-electron chi connectivity index (χ2n) is 8.42. The van der Waals surface area contributed by atoms with Crippen LogP contribution in [0.15, 0.2) is 54.6 Å². The van der Waals surface area contributed by atoms with Crippen molar-refractivity contribution < 1.29 is 9.59 Å². The number of fused-ring (bicyclic) bond motifs is 4. The normalized spacial score (nSPS) is 27.7. The minimum Gasteiger partial charge on any atom is -0.356 e. The maximum atomic E-state index is 13.3. The highest BCUT2D eigenvalue weighted by Crippen LogP contribution is 2.55. The van der Waals surface area contributed by atoms with E-state index < -0.39 is 5.54 Å². The number of carbonyl (C=O) groups excluding carboxylic acids is 2. The third-order valence-corrected chi connectivity index (χ3v) is 6.88. The van der Waals surface area contributed by atoms with Crippen LogP contribution in [0.25, 0.3) is 0 Å². The zero-order valence-corrected chi connectivity index (χ0v) is 16.6. The molecule has 2 N–H and O–H groups in total. The Labute approximate surface area is 171 Å². The van der Waals surface area contributed by atoms with Gasteiger partial charge in [-0.1, -0.05) is 48.5 Å². The van der Waals surface area contributed by atoms with Gasteiger partial charge in [0.05, 0.1) is 5.92 Å². The van der Waals surface area contributed by atoms with Crippen LogP contribution < -0.4 is 10.6 Å². The van der Waals surface area contributed by atoms with E-state index in [0.717, 1.165) is 49.9 Å². The quantitative estimate of drug-likeness (QED) is 0.773. The first-order chi connectivity index (χ1) is 14.2. The lowest BCUT2D eigenvalue weighted by atomic mass is 9.78. The molecular formula is C24H27N3O2. The first kappa shape index (κ1) is 18.4. The maximum Gasteiger partial charge on any atom is 0.250 e. The molecule has 1 spiro atoms. The minimum atomic E-state index is -0.846. The zero-order chi connectivity index (χ0) is 19.8. The summed E-state index contributed by atoms with van der Waals surface area (Å²) in [6.45, 7) is 1.51. The molecule has 0 saturated carbocycles. The van der Waals surface area contributed by atoms with Gasteiger partial charge in [0.15, 0.2) is 0 Å². The average Bonchev–Trinajstić information content (AvgIpc) is 3.40. The van der Waals surface area contributed by atoms with Gasteiger partial charge < -0.3 is 10.6 Å². The van der Waals surface area contributed by atoms with Crippen molar-refractivity contribution in [2.45, 2.75) is 43.7 Å². The highest BCUT2D eigenvalue weighted by molar-refractivity contribution is 6.09. The van der Waals surface area contributed by atoms with Crippen molar-refractivity contribution in [3.8, 4) is 0 Å². The van der Waals surface area contributed by atoms with Crippen molar-refractivity contribution in [2.75, 3.05) is 18.4 Å². The Morgan fingerprint density at radius 3 is 2.79 bits per heavy atom. The van der Waals surface area contributed by atoms with Gasteiger partial charge in [-0.15, -0.1) is 0 Å². The zero-order valence-electron chi connectivity index (χ0n) is 16.6. The van der Waals surface area contributed by atoms with E-state index in [1.165, 1.54) is 5.56 Å². The Bertz CT molecular complexity index is 929. The van der Waals surface area contributed by atoms with E-state index in [4.69, 9.17) is 0 Å². The summed E-state index contributed by atoms with van der Waals surface area (Å²) in [6.07, 6.45) is 4.74. The predicted octanol–water partition coefficient (Wildman–Crippen LogP) is 3.07. The lowest BCUT2D eigenvalue weighted by molar-refractivity contribution is -0.137. The van der Waals surface area contributed by atoms with Gasteiger partial charge in [-0.05, 0) is 50.3 Å². The van der Waals surface area contributed by atoms with E-state index in [-0.39, 0.29) is 17.7 Å². The van der Waals surface area contributed by atoms with Crippen LogP contribution >= 0.6 is 0 Å². The van der Waals surface area contributed by atoms with Crippen LogP contribution in [-0.2, 0) is 21.5 Å². The molecule has 3 atom stereocenters. The van der Waals surface area contributed by atoms with Gasteiger partial charge in [0.2, 0.25) is 11.8 Å². The van der Waals surface area contributed by atoms with Crippen LogP contribution in [-0.4, -0.2) is 35.8 Å². The maximum absolute atomic E-state index is 13.3. The van der Waals surface area contributed by atoms with E-state index in [1.807, 2.05) is 42.5 Å². The fourth-order valence-electron chi connectivity index (χ4n) is 5.65. The number of hydrogen-bond acceptors (Lipinski definition) is 3. The second kappa shape index (κ2) is 7.30. The summed E-state index contributed by atoms with van der Waals surface area (Å²) in [6, 6.07) is 18.5. The predicted molar refractivity (Wildman–Crippen MR) is 112 cm³/mol. The van der Waals surface area contributed by atoms with E-state index in [0.29, 0.717) is 12.6 Å². The standard InChI is InChI=1S/C24H27N3O2/c28-22(25-14-6-10-17-8-2-1-3-9-17)20-16-18-11-7-15-27(18)24(20)19-12-4-5-13-21(19)26-23(24)29/h1-5,8-9,12-13,18,20H,6-7,10-11,14-16H2,(H,25,28)(H,26,29). The summed E-state index contributed by atoms with van der Waals surface area (Å²) in [7, 11) is 0. The number of carbonyl (C=O) groups is 2. The van der Waals surface area contributed by atoms with Crippen molar-refractivity contribution in [3.05, 3.63) is 65.7 Å². The summed E-state index contributed by atoms with van der Waals surface area (Å²) >= 11 is 0. The molecule has 29 heavy (non-hydrogen) atoms. The van der Waals surface area contributed by atoms with Crippen molar-refractivity contribution in [2.24, 2.45) is 5.92 Å². The molecule has 0 bridgehead atoms. The molecule has 3 unspecified atom stereocenters. The lowest BCUT2D eigenvalue weighted by Gasteiger charge is -2.36. The Balaban J connectivity index is 1.35. The van der Waals surface area contributed by atoms with E-state index in [1.54, 1.807) is 0 Å².